The van der Waals surface area contributed by atoms with E-state index in [1.807, 2.05) is 0 Å². The standard InChI is InChI=1S/C17H29N/c1-4-5-6-7-8-9-10-11-12-17-14-15(2)13-16(3)18-17/h13-14H,4-12H2,1-3H3. The first-order chi connectivity index (χ1) is 8.72. The van der Waals surface area contributed by atoms with Crippen LogP contribution in [-0.4, -0.2) is 4.98 Å². The molecule has 102 valence electrons. The number of rotatable bonds is 9. The minimum atomic E-state index is 1.15. The first-order valence-electron chi connectivity index (χ1n) is 7.66. The van der Waals surface area contributed by atoms with Crippen LogP contribution in [0.2, 0.25) is 0 Å². The van der Waals surface area contributed by atoms with E-state index in [1.54, 1.807) is 0 Å². The molecule has 1 heteroatoms. The van der Waals surface area contributed by atoms with Crippen LogP contribution < -0.4 is 0 Å². The van der Waals surface area contributed by atoms with Crippen molar-refractivity contribution in [2.75, 3.05) is 0 Å². The fraction of sp³-hybridized carbons (Fsp3) is 0.706. The van der Waals surface area contributed by atoms with E-state index < -0.39 is 0 Å². The van der Waals surface area contributed by atoms with E-state index in [1.165, 1.54) is 62.6 Å². The molecule has 0 unspecified atom stereocenters. The van der Waals surface area contributed by atoms with Gasteiger partial charge in [-0.25, -0.2) is 0 Å². The molecule has 0 fully saturated rings. The topological polar surface area (TPSA) is 12.9 Å². The maximum Gasteiger partial charge on any atom is 0.0409 e. The lowest BCUT2D eigenvalue weighted by Crippen LogP contribution is -1.94. The molecule has 0 aliphatic carbocycles. The van der Waals surface area contributed by atoms with E-state index >= 15 is 0 Å². The number of unbranched alkanes of at least 4 members (excludes halogenated alkanes) is 7. The van der Waals surface area contributed by atoms with Crippen molar-refractivity contribution in [2.45, 2.75) is 78.6 Å². The average molecular weight is 247 g/mol. The maximum atomic E-state index is 4.59. The third-order valence-electron chi connectivity index (χ3n) is 3.44. The Hall–Kier alpha value is -0.850. The van der Waals surface area contributed by atoms with Crippen LogP contribution in [0.15, 0.2) is 12.1 Å². The van der Waals surface area contributed by atoms with Crippen molar-refractivity contribution < 1.29 is 0 Å². The highest BCUT2D eigenvalue weighted by molar-refractivity contribution is 5.19. The summed E-state index contributed by atoms with van der Waals surface area (Å²) in [6.45, 7) is 6.52. The largest absolute Gasteiger partial charge is 0.258 e. The molecule has 0 amide bonds. The van der Waals surface area contributed by atoms with Gasteiger partial charge in [0.2, 0.25) is 0 Å². The van der Waals surface area contributed by atoms with Gasteiger partial charge in [-0.05, 0) is 44.4 Å². The van der Waals surface area contributed by atoms with Crippen molar-refractivity contribution in [3.8, 4) is 0 Å². The molecule has 0 aliphatic heterocycles. The van der Waals surface area contributed by atoms with E-state index in [0.717, 1.165) is 12.1 Å². The number of aryl methyl sites for hydroxylation is 3. The summed E-state index contributed by atoms with van der Waals surface area (Å²) in [6.07, 6.45) is 12.2. The number of aromatic nitrogens is 1. The van der Waals surface area contributed by atoms with Gasteiger partial charge in [-0.3, -0.25) is 4.98 Å². The zero-order chi connectivity index (χ0) is 13.2. The lowest BCUT2D eigenvalue weighted by Gasteiger charge is -2.04. The molecular formula is C17H29N. The Morgan fingerprint density at radius 3 is 2.06 bits per heavy atom. The van der Waals surface area contributed by atoms with E-state index in [9.17, 15) is 0 Å². The van der Waals surface area contributed by atoms with Crippen molar-refractivity contribution in [2.24, 2.45) is 0 Å². The van der Waals surface area contributed by atoms with Crippen LogP contribution in [0.4, 0.5) is 0 Å². The smallest absolute Gasteiger partial charge is 0.0409 e. The van der Waals surface area contributed by atoms with E-state index in [0.29, 0.717) is 0 Å². The molecule has 18 heavy (non-hydrogen) atoms. The van der Waals surface area contributed by atoms with Crippen LogP contribution in [0.25, 0.3) is 0 Å². The predicted octanol–water partition coefficient (Wildman–Crippen LogP) is 5.38. The predicted molar refractivity (Wildman–Crippen MR) is 80.0 cm³/mol. The zero-order valence-corrected chi connectivity index (χ0v) is 12.5. The molecule has 0 aromatic carbocycles. The van der Waals surface area contributed by atoms with Gasteiger partial charge in [0.1, 0.15) is 0 Å². The SMILES string of the molecule is CCCCCCCCCCc1cc(C)cc(C)n1. The van der Waals surface area contributed by atoms with Crippen LogP contribution in [-0.2, 0) is 6.42 Å². The summed E-state index contributed by atoms with van der Waals surface area (Å²) in [6, 6.07) is 4.38. The maximum absolute atomic E-state index is 4.59. The quantitative estimate of drug-likeness (QED) is 0.534. The van der Waals surface area contributed by atoms with Crippen molar-refractivity contribution in [1.82, 2.24) is 4.98 Å². The van der Waals surface area contributed by atoms with Crippen molar-refractivity contribution in [1.29, 1.82) is 0 Å². The molecule has 1 nitrogen and oxygen atoms in total. The first-order valence-corrected chi connectivity index (χ1v) is 7.66. The van der Waals surface area contributed by atoms with Crippen molar-refractivity contribution in [3.63, 3.8) is 0 Å². The number of hydrogen-bond acceptors (Lipinski definition) is 1. The van der Waals surface area contributed by atoms with Gasteiger partial charge in [0.15, 0.2) is 0 Å². The Labute approximate surface area is 113 Å². The van der Waals surface area contributed by atoms with Crippen molar-refractivity contribution in [3.05, 3.63) is 29.1 Å². The van der Waals surface area contributed by atoms with Gasteiger partial charge in [0.25, 0.3) is 0 Å². The Kier molecular flexibility index (Phi) is 7.71. The van der Waals surface area contributed by atoms with Gasteiger partial charge in [-0.1, -0.05) is 51.9 Å². The summed E-state index contributed by atoms with van der Waals surface area (Å²) in [5, 5.41) is 0. The summed E-state index contributed by atoms with van der Waals surface area (Å²) in [5.41, 5.74) is 3.78. The molecule has 1 aromatic rings. The van der Waals surface area contributed by atoms with Crippen LogP contribution >= 0.6 is 0 Å². The monoisotopic (exact) mass is 247 g/mol. The third-order valence-corrected chi connectivity index (χ3v) is 3.44. The Bertz CT molecular complexity index is 310. The second-order valence-corrected chi connectivity index (χ2v) is 5.50. The summed E-state index contributed by atoms with van der Waals surface area (Å²) in [4.78, 5) is 4.59. The fourth-order valence-electron chi connectivity index (χ4n) is 2.49. The highest BCUT2D eigenvalue weighted by Crippen LogP contribution is 2.11. The first kappa shape index (κ1) is 15.2. The molecule has 0 N–H and O–H groups in total. The fourth-order valence-corrected chi connectivity index (χ4v) is 2.49. The van der Waals surface area contributed by atoms with Gasteiger partial charge in [0.05, 0.1) is 0 Å². The summed E-state index contributed by atoms with van der Waals surface area (Å²) >= 11 is 0. The van der Waals surface area contributed by atoms with Crippen LogP contribution in [0.1, 0.15) is 75.2 Å². The normalized spacial score (nSPS) is 10.8. The third kappa shape index (κ3) is 6.78. The molecule has 0 aliphatic rings. The molecule has 0 bridgehead atoms. The highest BCUT2D eigenvalue weighted by atomic mass is 14.7. The van der Waals surface area contributed by atoms with E-state index in [4.69, 9.17) is 0 Å². The molecule has 1 heterocycles. The Morgan fingerprint density at radius 2 is 1.44 bits per heavy atom. The van der Waals surface area contributed by atoms with E-state index in [2.05, 4.69) is 37.9 Å². The second-order valence-electron chi connectivity index (χ2n) is 5.50. The molecule has 0 saturated carbocycles. The van der Waals surface area contributed by atoms with Gasteiger partial charge < -0.3 is 0 Å². The van der Waals surface area contributed by atoms with Crippen LogP contribution in [0.3, 0.4) is 0 Å². The lowest BCUT2D eigenvalue weighted by atomic mass is 10.1. The molecule has 1 rings (SSSR count). The second kappa shape index (κ2) is 9.13. The minimum absolute atomic E-state index is 1.15. The summed E-state index contributed by atoms with van der Waals surface area (Å²) in [5.74, 6) is 0. The summed E-state index contributed by atoms with van der Waals surface area (Å²) in [7, 11) is 0. The van der Waals surface area contributed by atoms with Gasteiger partial charge in [-0.15, -0.1) is 0 Å². The minimum Gasteiger partial charge on any atom is -0.258 e. The van der Waals surface area contributed by atoms with Gasteiger partial charge in [-0.2, -0.15) is 0 Å². The lowest BCUT2D eigenvalue weighted by molar-refractivity contribution is 0.574. The van der Waals surface area contributed by atoms with Gasteiger partial charge in [0, 0.05) is 11.4 Å². The molecular weight excluding hydrogens is 218 g/mol. The molecule has 0 atom stereocenters. The number of pyridine rings is 1. The molecule has 0 saturated heterocycles. The molecule has 0 radical (unpaired) electrons. The number of hydrogen-bond donors (Lipinski definition) is 0. The van der Waals surface area contributed by atoms with E-state index in [-0.39, 0.29) is 0 Å². The Morgan fingerprint density at radius 1 is 0.833 bits per heavy atom. The highest BCUT2D eigenvalue weighted by Gasteiger charge is 1.98. The van der Waals surface area contributed by atoms with Crippen LogP contribution in [0.5, 0.6) is 0 Å². The molecule has 1 aromatic heterocycles. The average Bonchev–Trinajstić information content (AvgIpc) is 2.31. The zero-order valence-electron chi connectivity index (χ0n) is 12.5. The van der Waals surface area contributed by atoms with Crippen molar-refractivity contribution >= 4 is 0 Å². The molecule has 0 spiro atoms. The van der Waals surface area contributed by atoms with Crippen LogP contribution in [0, 0.1) is 13.8 Å². The number of nitrogens with zero attached hydrogens (tertiary/aromatic N) is 1. The van der Waals surface area contributed by atoms with Gasteiger partial charge >= 0.3 is 0 Å². The Balaban J connectivity index is 2.07. The summed E-state index contributed by atoms with van der Waals surface area (Å²) < 4.78 is 0.